The molecule has 1 amide bonds. The zero-order valence-corrected chi connectivity index (χ0v) is 14.9. The van der Waals surface area contributed by atoms with Crippen molar-refractivity contribution in [2.45, 2.75) is 32.7 Å². The average Bonchev–Trinajstić information content (AvgIpc) is 3.04. The Morgan fingerprint density at radius 3 is 2.86 bits per heavy atom. The zero-order chi connectivity index (χ0) is 15.9. The molecule has 0 saturated carbocycles. The van der Waals surface area contributed by atoms with Gasteiger partial charge in [0.2, 0.25) is 5.91 Å². The lowest BCUT2D eigenvalue weighted by atomic mass is 9.88. The number of rotatable bonds is 7. The second-order valence-electron chi connectivity index (χ2n) is 6.11. The van der Waals surface area contributed by atoms with Crippen LogP contribution >= 0.6 is 11.3 Å². The minimum absolute atomic E-state index is 0.154. The van der Waals surface area contributed by atoms with Gasteiger partial charge in [0.05, 0.1) is 6.54 Å². The fourth-order valence-corrected chi connectivity index (χ4v) is 4.32. The molecule has 0 aromatic carbocycles. The molecule has 2 rings (SSSR count). The van der Waals surface area contributed by atoms with E-state index in [4.69, 9.17) is 0 Å². The van der Waals surface area contributed by atoms with Gasteiger partial charge in [-0.05, 0) is 56.9 Å². The molecule has 5 heteroatoms. The number of nitrogens with one attached hydrogen (secondary N) is 1. The predicted octanol–water partition coefficient (Wildman–Crippen LogP) is 2.59. The maximum atomic E-state index is 12.1. The third kappa shape index (κ3) is 4.54. The highest BCUT2D eigenvalue weighted by Gasteiger charge is 2.31. The van der Waals surface area contributed by atoms with E-state index in [9.17, 15) is 4.79 Å². The minimum Gasteiger partial charge on any atom is -0.355 e. The SMILES string of the molecule is CCN(CC)CC(=O)NCC1CCCN(C)C1c1cccs1. The summed E-state index contributed by atoms with van der Waals surface area (Å²) in [5, 5.41) is 5.31. The van der Waals surface area contributed by atoms with Crippen molar-refractivity contribution in [2.75, 3.05) is 39.8 Å². The first-order chi connectivity index (χ1) is 10.7. The van der Waals surface area contributed by atoms with Gasteiger partial charge in [-0.2, -0.15) is 0 Å². The van der Waals surface area contributed by atoms with Gasteiger partial charge in [0.1, 0.15) is 0 Å². The molecule has 2 atom stereocenters. The predicted molar refractivity (Wildman–Crippen MR) is 93.2 cm³/mol. The fraction of sp³-hybridized carbons (Fsp3) is 0.706. The summed E-state index contributed by atoms with van der Waals surface area (Å²) in [7, 11) is 2.20. The molecule has 1 saturated heterocycles. The fourth-order valence-electron chi connectivity index (χ4n) is 3.33. The van der Waals surface area contributed by atoms with Gasteiger partial charge in [-0.15, -0.1) is 11.3 Å². The van der Waals surface area contributed by atoms with Crippen molar-refractivity contribution in [3.05, 3.63) is 22.4 Å². The van der Waals surface area contributed by atoms with Gasteiger partial charge in [-0.25, -0.2) is 0 Å². The second kappa shape index (κ2) is 8.65. The van der Waals surface area contributed by atoms with Gasteiger partial charge < -0.3 is 5.32 Å². The summed E-state index contributed by atoms with van der Waals surface area (Å²) in [4.78, 5) is 18.1. The highest BCUT2D eigenvalue weighted by molar-refractivity contribution is 7.10. The Hall–Kier alpha value is -0.910. The summed E-state index contributed by atoms with van der Waals surface area (Å²) in [6.07, 6.45) is 2.41. The van der Waals surface area contributed by atoms with Crippen LogP contribution in [0.15, 0.2) is 17.5 Å². The third-order valence-electron chi connectivity index (χ3n) is 4.66. The monoisotopic (exact) mass is 323 g/mol. The van der Waals surface area contributed by atoms with E-state index in [1.165, 1.54) is 17.7 Å². The largest absolute Gasteiger partial charge is 0.355 e. The number of likely N-dealkylation sites (N-methyl/N-ethyl adjacent to an activating group) is 1. The first-order valence-corrected chi connectivity index (χ1v) is 9.26. The van der Waals surface area contributed by atoms with Crippen molar-refractivity contribution in [2.24, 2.45) is 5.92 Å². The molecule has 22 heavy (non-hydrogen) atoms. The number of likely N-dealkylation sites (tertiary alicyclic amines) is 1. The second-order valence-corrected chi connectivity index (χ2v) is 7.09. The van der Waals surface area contributed by atoms with Crippen LogP contribution in [0.2, 0.25) is 0 Å². The van der Waals surface area contributed by atoms with Crippen LogP contribution in [-0.4, -0.2) is 55.5 Å². The molecule has 1 aromatic rings. The Balaban J connectivity index is 1.91. The third-order valence-corrected chi connectivity index (χ3v) is 5.61. The Morgan fingerprint density at radius 1 is 1.45 bits per heavy atom. The lowest BCUT2D eigenvalue weighted by Crippen LogP contribution is -2.44. The van der Waals surface area contributed by atoms with Gasteiger partial charge in [-0.3, -0.25) is 14.6 Å². The molecule has 1 N–H and O–H groups in total. The van der Waals surface area contributed by atoms with Crippen LogP contribution in [0.4, 0.5) is 0 Å². The van der Waals surface area contributed by atoms with Crippen molar-refractivity contribution in [1.82, 2.24) is 15.1 Å². The molecule has 2 heterocycles. The van der Waals surface area contributed by atoms with Gasteiger partial charge >= 0.3 is 0 Å². The number of amides is 1. The number of hydrogen-bond acceptors (Lipinski definition) is 4. The lowest BCUT2D eigenvalue weighted by molar-refractivity contribution is -0.122. The summed E-state index contributed by atoms with van der Waals surface area (Å²) < 4.78 is 0. The van der Waals surface area contributed by atoms with E-state index < -0.39 is 0 Å². The van der Waals surface area contributed by atoms with E-state index in [2.05, 4.69) is 53.5 Å². The van der Waals surface area contributed by atoms with Crippen molar-refractivity contribution < 1.29 is 4.79 Å². The van der Waals surface area contributed by atoms with Crippen LogP contribution in [0.5, 0.6) is 0 Å². The van der Waals surface area contributed by atoms with E-state index >= 15 is 0 Å². The van der Waals surface area contributed by atoms with Crippen molar-refractivity contribution in [3.8, 4) is 0 Å². The highest BCUT2D eigenvalue weighted by Crippen LogP contribution is 2.36. The number of hydrogen-bond donors (Lipinski definition) is 1. The molecular formula is C17H29N3OS. The molecule has 124 valence electrons. The minimum atomic E-state index is 0.154. The normalized spacial score (nSPS) is 22.9. The van der Waals surface area contributed by atoms with E-state index in [0.717, 1.165) is 26.2 Å². The zero-order valence-electron chi connectivity index (χ0n) is 14.0. The first-order valence-electron chi connectivity index (χ1n) is 8.38. The topological polar surface area (TPSA) is 35.6 Å². The van der Waals surface area contributed by atoms with E-state index in [-0.39, 0.29) is 5.91 Å². The molecule has 0 bridgehead atoms. The standard InChI is InChI=1S/C17H29N3OS/c1-4-20(5-2)13-16(21)18-12-14-8-6-10-19(3)17(14)15-9-7-11-22-15/h7,9,11,14,17H,4-6,8,10,12-13H2,1-3H3,(H,18,21). The molecule has 0 spiro atoms. The first kappa shape index (κ1) is 17.4. The summed E-state index contributed by atoms with van der Waals surface area (Å²) in [5.74, 6) is 0.667. The van der Waals surface area contributed by atoms with Crippen molar-refractivity contribution in [3.63, 3.8) is 0 Å². The Morgan fingerprint density at radius 2 is 2.23 bits per heavy atom. The Bertz CT molecular complexity index is 445. The maximum absolute atomic E-state index is 12.1. The highest BCUT2D eigenvalue weighted by atomic mass is 32.1. The van der Waals surface area contributed by atoms with Crippen LogP contribution in [-0.2, 0) is 4.79 Å². The van der Waals surface area contributed by atoms with Crippen LogP contribution in [0.25, 0.3) is 0 Å². The summed E-state index contributed by atoms with van der Waals surface area (Å²) in [5.41, 5.74) is 0. The molecule has 1 fully saturated rings. The summed E-state index contributed by atoms with van der Waals surface area (Å²) in [6, 6.07) is 4.79. The molecular weight excluding hydrogens is 294 g/mol. The van der Waals surface area contributed by atoms with Gasteiger partial charge in [-0.1, -0.05) is 19.9 Å². The number of carbonyl (C=O) groups excluding carboxylic acids is 1. The summed E-state index contributed by atoms with van der Waals surface area (Å²) in [6.45, 7) is 8.49. The van der Waals surface area contributed by atoms with Gasteiger partial charge in [0.25, 0.3) is 0 Å². The van der Waals surface area contributed by atoms with E-state index in [1.54, 1.807) is 0 Å². The van der Waals surface area contributed by atoms with Gasteiger partial charge in [0.15, 0.2) is 0 Å². The van der Waals surface area contributed by atoms with Crippen LogP contribution in [0.3, 0.4) is 0 Å². The van der Waals surface area contributed by atoms with Gasteiger partial charge in [0, 0.05) is 17.5 Å². The molecule has 0 aliphatic carbocycles. The molecule has 1 aromatic heterocycles. The van der Waals surface area contributed by atoms with Crippen LogP contribution < -0.4 is 5.32 Å². The van der Waals surface area contributed by atoms with Crippen LogP contribution in [0, 0.1) is 5.92 Å². The maximum Gasteiger partial charge on any atom is 0.234 e. The molecule has 1 aliphatic heterocycles. The number of piperidine rings is 1. The van der Waals surface area contributed by atoms with E-state index in [1.807, 2.05) is 11.3 Å². The molecule has 0 radical (unpaired) electrons. The average molecular weight is 324 g/mol. The smallest absolute Gasteiger partial charge is 0.234 e. The van der Waals surface area contributed by atoms with Crippen LogP contribution in [0.1, 0.15) is 37.6 Å². The molecule has 2 unspecified atom stereocenters. The Labute approximate surface area is 138 Å². The Kier molecular flexibility index (Phi) is 6.86. The quantitative estimate of drug-likeness (QED) is 0.838. The summed E-state index contributed by atoms with van der Waals surface area (Å²) >= 11 is 1.83. The van der Waals surface area contributed by atoms with Crippen molar-refractivity contribution >= 4 is 17.2 Å². The number of carbonyl (C=O) groups is 1. The van der Waals surface area contributed by atoms with Crippen molar-refractivity contribution in [1.29, 1.82) is 0 Å². The number of thiophene rings is 1. The lowest BCUT2D eigenvalue weighted by Gasteiger charge is -2.39. The number of nitrogens with zero attached hydrogens (tertiary/aromatic N) is 2. The molecule has 4 nitrogen and oxygen atoms in total. The van der Waals surface area contributed by atoms with E-state index in [0.29, 0.717) is 18.5 Å². The molecule has 1 aliphatic rings.